The van der Waals surface area contributed by atoms with Crippen molar-refractivity contribution in [2.45, 2.75) is 76.6 Å². The van der Waals surface area contributed by atoms with Gasteiger partial charge < -0.3 is 9.47 Å². The number of para-hydroxylation sites is 1. The summed E-state index contributed by atoms with van der Waals surface area (Å²) in [6.07, 6.45) is 7.47. The number of nitrogens with zero attached hydrogens (tertiary/aromatic N) is 1. The molecule has 0 saturated carbocycles. The molecule has 3 nitrogen and oxygen atoms in total. The first-order chi connectivity index (χ1) is 13.0. The van der Waals surface area contributed by atoms with Gasteiger partial charge in [-0.2, -0.15) is 0 Å². The number of fused-ring (bicyclic) bond motifs is 3. The van der Waals surface area contributed by atoms with Gasteiger partial charge in [0.05, 0.1) is 12.6 Å². The van der Waals surface area contributed by atoms with Gasteiger partial charge in [0.2, 0.25) is 0 Å². The molecule has 1 aromatic rings. The predicted molar refractivity (Wildman–Crippen MR) is 116 cm³/mol. The Morgan fingerprint density at radius 2 is 1.79 bits per heavy atom. The molecule has 2 fully saturated rings. The number of hydrogen-bond acceptors (Lipinski definition) is 3. The van der Waals surface area contributed by atoms with Crippen molar-refractivity contribution in [3.63, 3.8) is 0 Å². The van der Waals surface area contributed by atoms with Gasteiger partial charge in [0.25, 0.3) is 0 Å². The van der Waals surface area contributed by atoms with Gasteiger partial charge in [0.1, 0.15) is 17.0 Å². The molecule has 4 rings (SSSR count). The van der Waals surface area contributed by atoms with E-state index in [0.717, 1.165) is 25.1 Å². The van der Waals surface area contributed by atoms with Crippen LogP contribution in [0.4, 0.5) is 0 Å². The molecule has 3 aliphatic rings. The fourth-order valence-electron chi connectivity index (χ4n) is 4.89. The summed E-state index contributed by atoms with van der Waals surface area (Å²) in [5.41, 5.74) is 0.606. The second-order valence-corrected chi connectivity index (χ2v) is 9.15. The maximum Gasteiger partial charge on any atom is 0.126 e. The molecule has 0 bridgehead atoms. The Balaban J connectivity index is 0.00000225. The molecule has 0 radical (unpaired) electrons. The van der Waals surface area contributed by atoms with Crippen LogP contribution in [0.15, 0.2) is 24.3 Å². The number of likely N-dealkylation sites (tertiary alicyclic amines) is 1. The van der Waals surface area contributed by atoms with Gasteiger partial charge in [-0.25, -0.2) is 0 Å². The van der Waals surface area contributed by atoms with Gasteiger partial charge >= 0.3 is 0 Å². The molecule has 3 aliphatic heterocycles. The van der Waals surface area contributed by atoms with Gasteiger partial charge in [0, 0.05) is 11.5 Å². The molecule has 3 unspecified atom stereocenters. The Morgan fingerprint density at radius 1 is 1.07 bits per heavy atom. The molecule has 2 saturated heterocycles. The quantitative estimate of drug-likeness (QED) is 0.587. The third kappa shape index (κ3) is 4.51. The highest BCUT2D eigenvalue weighted by Crippen LogP contribution is 2.52. The largest absolute Gasteiger partial charge is 0.487 e. The van der Waals surface area contributed by atoms with E-state index in [1.165, 1.54) is 44.3 Å². The second kappa shape index (κ2) is 8.66. The average Bonchev–Trinajstić information content (AvgIpc) is 2.90. The minimum absolute atomic E-state index is 0. The number of halogens is 1. The van der Waals surface area contributed by atoms with Crippen molar-refractivity contribution in [2.75, 3.05) is 19.6 Å². The lowest BCUT2D eigenvalue weighted by atomic mass is 9.73. The Kier molecular flexibility index (Phi) is 6.65. The third-order valence-electron chi connectivity index (χ3n) is 6.53. The van der Waals surface area contributed by atoms with Crippen LogP contribution >= 0.6 is 12.4 Å². The van der Waals surface area contributed by atoms with Gasteiger partial charge in [-0.15, -0.1) is 12.4 Å². The standard InChI is InChI=1S/C24H33NO2.ClH/c1-23(2)20-13-15-24(3,14-10-18-25-16-8-4-5-9-17-25)27-22(20)19-11-6-7-12-21(19)26-23;/h6-7,11-12,20,22H,4-5,8-9,13,15-18H2,1-3H3;1H. The molecule has 0 aromatic heterocycles. The summed E-state index contributed by atoms with van der Waals surface area (Å²) in [7, 11) is 0. The SMILES string of the molecule is CC1(C#CCN2CCCCCC2)CCC2C(O1)c1ccccc1OC2(C)C.Cl. The fourth-order valence-corrected chi connectivity index (χ4v) is 4.89. The predicted octanol–water partition coefficient (Wildman–Crippen LogP) is 5.39. The molecular formula is C24H34ClNO2. The molecule has 28 heavy (non-hydrogen) atoms. The van der Waals surface area contributed by atoms with E-state index in [1.54, 1.807) is 0 Å². The Morgan fingerprint density at radius 3 is 2.54 bits per heavy atom. The van der Waals surface area contributed by atoms with E-state index in [4.69, 9.17) is 9.47 Å². The van der Waals surface area contributed by atoms with E-state index in [2.05, 4.69) is 55.7 Å². The zero-order valence-corrected chi connectivity index (χ0v) is 18.3. The minimum atomic E-state index is -0.368. The molecule has 1 aromatic carbocycles. The first-order valence-electron chi connectivity index (χ1n) is 10.7. The van der Waals surface area contributed by atoms with Crippen molar-refractivity contribution in [2.24, 2.45) is 5.92 Å². The van der Waals surface area contributed by atoms with Crippen molar-refractivity contribution in [1.29, 1.82) is 0 Å². The minimum Gasteiger partial charge on any atom is -0.487 e. The lowest BCUT2D eigenvalue weighted by Gasteiger charge is -2.50. The summed E-state index contributed by atoms with van der Waals surface area (Å²) in [5, 5.41) is 0. The topological polar surface area (TPSA) is 21.7 Å². The van der Waals surface area contributed by atoms with Gasteiger partial charge in [-0.3, -0.25) is 4.90 Å². The number of hydrogen-bond donors (Lipinski definition) is 0. The number of ether oxygens (including phenoxy) is 2. The van der Waals surface area contributed by atoms with E-state index in [1.807, 2.05) is 6.07 Å². The summed E-state index contributed by atoms with van der Waals surface area (Å²) in [6, 6.07) is 8.34. The van der Waals surface area contributed by atoms with Crippen LogP contribution in [-0.2, 0) is 4.74 Å². The lowest BCUT2D eigenvalue weighted by molar-refractivity contribution is -0.169. The molecule has 0 aliphatic carbocycles. The Labute approximate surface area is 176 Å². The number of benzene rings is 1. The zero-order chi connectivity index (χ0) is 18.9. The molecule has 4 heteroatoms. The molecule has 154 valence electrons. The smallest absolute Gasteiger partial charge is 0.126 e. The first-order valence-corrected chi connectivity index (χ1v) is 10.7. The van der Waals surface area contributed by atoms with Crippen LogP contribution < -0.4 is 4.74 Å². The van der Waals surface area contributed by atoms with Crippen LogP contribution in [0.1, 0.15) is 71.0 Å². The first kappa shape index (κ1) is 21.5. The van der Waals surface area contributed by atoms with E-state index >= 15 is 0 Å². The summed E-state index contributed by atoms with van der Waals surface area (Å²) < 4.78 is 13.0. The van der Waals surface area contributed by atoms with E-state index in [-0.39, 0.29) is 29.7 Å². The maximum absolute atomic E-state index is 6.68. The van der Waals surface area contributed by atoms with Crippen LogP contribution in [0.3, 0.4) is 0 Å². The highest BCUT2D eigenvalue weighted by molar-refractivity contribution is 5.85. The van der Waals surface area contributed by atoms with Crippen molar-refractivity contribution >= 4 is 12.4 Å². The molecule has 3 atom stereocenters. The maximum atomic E-state index is 6.68. The summed E-state index contributed by atoms with van der Waals surface area (Å²) in [4.78, 5) is 2.50. The average molecular weight is 404 g/mol. The summed E-state index contributed by atoms with van der Waals surface area (Å²) in [6.45, 7) is 9.81. The van der Waals surface area contributed by atoms with Gasteiger partial charge in [0.15, 0.2) is 0 Å². The van der Waals surface area contributed by atoms with Crippen molar-refractivity contribution in [3.8, 4) is 17.6 Å². The molecule has 0 spiro atoms. The Hall–Kier alpha value is -1.21. The summed E-state index contributed by atoms with van der Waals surface area (Å²) in [5.74, 6) is 8.29. The normalized spacial score (nSPS) is 31.7. The van der Waals surface area contributed by atoms with Crippen LogP contribution in [-0.4, -0.2) is 35.7 Å². The fraction of sp³-hybridized carbons (Fsp3) is 0.667. The highest BCUT2D eigenvalue weighted by Gasteiger charge is 2.49. The van der Waals surface area contributed by atoms with Gasteiger partial charge in [-0.05, 0) is 65.6 Å². The van der Waals surface area contributed by atoms with Crippen LogP contribution in [0.25, 0.3) is 0 Å². The second-order valence-electron chi connectivity index (χ2n) is 9.15. The molecule has 0 amide bonds. The molecule has 0 N–H and O–H groups in total. The zero-order valence-electron chi connectivity index (χ0n) is 17.5. The molecular weight excluding hydrogens is 370 g/mol. The van der Waals surface area contributed by atoms with E-state index < -0.39 is 0 Å². The molecule has 3 heterocycles. The monoisotopic (exact) mass is 403 g/mol. The van der Waals surface area contributed by atoms with E-state index in [9.17, 15) is 0 Å². The van der Waals surface area contributed by atoms with Crippen molar-refractivity contribution < 1.29 is 9.47 Å². The lowest BCUT2D eigenvalue weighted by Crippen LogP contribution is -2.50. The van der Waals surface area contributed by atoms with Crippen molar-refractivity contribution in [3.05, 3.63) is 29.8 Å². The van der Waals surface area contributed by atoms with Crippen LogP contribution in [0.2, 0.25) is 0 Å². The van der Waals surface area contributed by atoms with E-state index in [0.29, 0.717) is 5.92 Å². The van der Waals surface area contributed by atoms with Crippen molar-refractivity contribution in [1.82, 2.24) is 4.90 Å². The third-order valence-corrected chi connectivity index (χ3v) is 6.53. The van der Waals surface area contributed by atoms with Crippen LogP contribution in [0.5, 0.6) is 5.75 Å². The highest BCUT2D eigenvalue weighted by atomic mass is 35.5. The van der Waals surface area contributed by atoms with Gasteiger partial charge in [-0.1, -0.05) is 42.9 Å². The Bertz CT molecular complexity index is 730. The van der Waals surface area contributed by atoms with Crippen LogP contribution in [0, 0.1) is 17.8 Å². The number of rotatable bonds is 1. The summed E-state index contributed by atoms with van der Waals surface area (Å²) >= 11 is 0.